The van der Waals surface area contributed by atoms with E-state index in [0.717, 1.165) is 22.5 Å². The van der Waals surface area contributed by atoms with Gasteiger partial charge in [0, 0.05) is 10.7 Å². The van der Waals surface area contributed by atoms with Crippen molar-refractivity contribution in [1.29, 1.82) is 0 Å². The van der Waals surface area contributed by atoms with Gasteiger partial charge in [0.05, 0.1) is 0 Å². The van der Waals surface area contributed by atoms with Gasteiger partial charge in [0.2, 0.25) is 0 Å². The fourth-order valence-corrected chi connectivity index (χ4v) is 2.05. The van der Waals surface area contributed by atoms with Crippen LogP contribution in [0, 0.1) is 11.8 Å². The second-order valence-corrected chi connectivity index (χ2v) is 3.74. The summed E-state index contributed by atoms with van der Waals surface area (Å²) in [5.41, 5.74) is 0. The molecule has 0 saturated carbocycles. The summed E-state index contributed by atoms with van der Waals surface area (Å²) < 4.78 is 0. The first-order chi connectivity index (χ1) is 4.36. The smallest absolute Gasteiger partial charge is 0.00945 e. The van der Waals surface area contributed by atoms with Gasteiger partial charge < -0.3 is 0 Å². The number of alkyl halides is 2. The van der Waals surface area contributed by atoms with Crippen LogP contribution in [0.15, 0.2) is 12.2 Å². The molecule has 0 nitrogen and oxygen atoms in total. The number of hydrogen-bond acceptors (Lipinski definition) is 0. The first-order valence-corrected chi connectivity index (χ1v) is 5.41. The van der Waals surface area contributed by atoms with E-state index in [-0.39, 0.29) is 0 Å². The lowest BCUT2D eigenvalue weighted by Crippen LogP contribution is -1.99. The maximum atomic E-state index is 3.47. The van der Waals surface area contributed by atoms with Gasteiger partial charge in [-0.15, -0.1) is 0 Å². The number of allylic oxidation sites excluding steroid dienone is 2. The van der Waals surface area contributed by atoms with Gasteiger partial charge >= 0.3 is 0 Å². The van der Waals surface area contributed by atoms with E-state index >= 15 is 0 Å². The van der Waals surface area contributed by atoms with Gasteiger partial charge in [0.1, 0.15) is 0 Å². The normalized spacial score (nSPS) is 33.6. The second-order valence-electron chi connectivity index (χ2n) is 2.45. The third-order valence-corrected chi connectivity index (χ3v) is 3.32. The van der Waals surface area contributed by atoms with Gasteiger partial charge in [-0.3, -0.25) is 0 Å². The highest BCUT2D eigenvalue weighted by molar-refractivity contribution is 9.09. The van der Waals surface area contributed by atoms with Crippen molar-refractivity contribution in [3.8, 4) is 0 Å². The highest BCUT2D eigenvalue weighted by Crippen LogP contribution is 2.25. The van der Waals surface area contributed by atoms with Gasteiger partial charge in [0.15, 0.2) is 0 Å². The summed E-state index contributed by atoms with van der Waals surface area (Å²) in [6.45, 7) is 0. The summed E-state index contributed by atoms with van der Waals surface area (Å²) in [5, 5.41) is 2.24. The van der Waals surface area contributed by atoms with Crippen molar-refractivity contribution >= 4 is 31.9 Å². The minimum atomic E-state index is 0.785. The first kappa shape index (κ1) is 7.80. The summed E-state index contributed by atoms with van der Waals surface area (Å²) in [4.78, 5) is 0. The van der Waals surface area contributed by atoms with Crippen molar-refractivity contribution in [2.45, 2.75) is 6.42 Å². The standard InChI is InChI=1S/C7H10Br2/c8-4-6-1-2-7(3-6)5-9/h1-2,6-7H,3-5H2/t6-,7+. The average molecular weight is 254 g/mol. The van der Waals surface area contributed by atoms with Crippen LogP contribution in [-0.2, 0) is 0 Å². The van der Waals surface area contributed by atoms with Gasteiger partial charge in [-0.25, -0.2) is 0 Å². The molecule has 0 aromatic carbocycles. The summed E-state index contributed by atoms with van der Waals surface area (Å²) in [6, 6.07) is 0. The minimum Gasteiger partial charge on any atom is -0.0922 e. The van der Waals surface area contributed by atoms with Crippen LogP contribution in [-0.4, -0.2) is 10.7 Å². The summed E-state index contributed by atoms with van der Waals surface area (Å²) >= 11 is 6.93. The van der Waals surface area contributed by atoms with Crippen LogP contribution in [0.25, 0.3) is 0 Å². The molecule has 1 aliphatic carbocycles. The van der Waals surface area contributed by atoms with E-state index < -0.39 is 0 Å². The lowest BCUT2D eigenvalue weighted by molar-refractivity contribution is 0.608. The number of halogens is 2. The third kappa shape index (κ3) is 2.08. The number of hydrogen-bond donors (Lipinski definition) is 0. The molecule has 0 N–H and O–H groups in total. The molecule has 0 bridgehead atoms. The SMILES string of the molecule is BrC[C@H]1C=C[C@@H](CBr)C1. The van der Waals surface area contributed by atoms with Gasteiger partial charge in [-0.1, -0.05) is 44.0 Å². The third-order valence-electron chi connectivity index (χ3n) is 1.66. The van der Waals surface area contributed by atoms with Crippen molar-refractivity contribution in [3.05, 3.63) is 12.2 Å². The fourth-order valence-electron chi connectivity index (χ4n) is 1.09. The second kappa shape index (κ2) is 3.77. The van der Waals surface area contributed by atoms with E-state index in [1.54, 1.807) is 0 Å². The Morgan fingerprint density at radius 2 is 1.56 bits per heavy atom. The molecule has 0 aromatic heterocycles. The first-order valence-electron chi connectivity index (χ1n) is 3.17. The van der Waals surface area contributed by atoms with E-state index in [1.807, 2.05) is 0 Å². The molecule has 52 valence electrons. The molecule has 0 heterocycles. The molecule has 9 heavy (non-hydrogen) atoms. The van der Waals surface area contributed by atoms with Crippen LogP contribution < -0.4 is 0 Å². The zero-order chi connectivity index (χ0) is 6.69. The molecule has 0 amide bonds. The molecule has 0 unspecified atom stereocenters. The van der Waals surface area contributed by atoms with E-state index in [1.165, 1.54) is 6.42 Å². The molecule has 1 aliphatic rings. The van der Waals surface area contributed by atoms with Crippen LogP contribution in [0.5, 0.6) is 0 Å². The van der Waals surface area contributed by atoms with Crippen LogP contribution in [0.3, 0.4) is 0 Å². The molecule has 2 atom stereocenters. The van der Waals surface area contributed by atoms with Crippen LogP contribution in [0.2, 0.25) is 0 Å². The molecule has 0 saturated heterocycles. The van der Waals surface area contributed by atoms with Crippen LogP contribution in [0.1, 0.15) is 6.42 Å². The highest BCUT2D eigenvalue weighted by Gasteiger charge is 2.15. The highest BCUT2D eigenvalue weighted by atomic mass is 79.9. The molecular weight excluding hydrogens is 244 g/mol. The molecule has 0 fully saturated rings. The van der Waals surface area contributed by atoms with Crippen LogP contribution >= 0.6 is 31.9 Å². The average Bonchev–Trinajstić information content (AvgIpc) is 2.34. The maximum absolute atomic E-state index is 3.47. The Labute approximate surface area is 73.0 Å². The summed E-state index contributed by atoms with van der Waals surface area (Å²) in [7, 11) is 0. The molecule has 0 spiro atoms. The van der Waals surface area contributed by atoms with Crippen LogP contribution in [0.4, 0.5) is 0 Å². The molecule has 0 aromatic rings. The zero-order valence-electron chi connectivity index (χ0n) is 5.19. The number of rotatable bonds is 2. The predicted molar refractivity (Wildman–Crippen MR) is 48.3 cm³/mol. The Balaban J connectivity index is 2.31. The molecule has 0 radical (unpaired) electrons. The Hall–Kier alpha value is 0.700. The topological polar surface area (TPSA) is 0 Å². The van der Waals surface area contributed by atoms with Crippen molar-refractivity contribution in [1.82, 2.24) is 0 Å². The Bertz CT molecular complexity index is 97.5. The molecule has 1 rings (SSSR count). The van der Waals surface area contributed by atoms with Gasteiger partial charge in [0.25, 0.3) is 0 Å². The van der Waals surface area contributed by atoms with Crippen molar-refractivity contribution in [2.24, 2.45) is 11.8 Å². The van der Waals surface area contributed by atoms with Gasteiger partial charge in [-0.05, 0) is 18.3 Å². The van der Waals surface area contributed by atoms with Gasteiger partial charge in [-0.2, -0.15) is 0 Å². The fraction of sp³-hybridized carbons (Fsp3) is 0.714. The van der Waals surface area contributed by atoms with Crippen molar-refractivity contribution < 1.29 is 0 Å². The Kier molecular flexibility index (Phi) is 3.27. The quantitative estimate of drug-likeness (QED) is 0.525. The molecular formula is C7H10Br2. The van der Waals surface area contributed by atoms with E-state index in [0.29, 0.717) is 0 Å². The predicted octanol–water partition coefficient (Wildman–Crippen LogP) is 2.97. The van der Waals surface area contributed by atoms with Crippen molar-refractivity contribution in [3.63, 3.8) is 0 Å². The Morgan fingerprint density at radius 3 is 1.78 bits per heavy atom. The molecule has 2 heteroatoms. The van der Waals surface area contributed by atoms with Crippen molar-refractivity contribution in [2.75, 3.05) is 10.7 Å². The Morgan fingerprint density at radius 1 is 1.11 bits per heavy atom. The lowest BCUT2D eigenvalue weighted by atomic mass is 10.1. The lowest BCUT2D eigenvalue weighted by Gasteiger charge is -2.04. The van der Waals surface area contributed by atoms with E-state index in [2.05, 4.69) is 44.0 Å². The summed E-state index contributed by atoms with van der Waals surface area (Å²) in [6.07, 6.45) is 5.93. The monoisotopic (exact) mass is 252 g/mol. The maximum Gasteiger partial charge on any atom is 0.00945 e. The summed E-state index contributed by atoms with van der Waals surface area (Å²) in [5.74, 6) is 1.57. The van der Waals surface area contributed by atoms with E-state index in [9.17, 15) is 0 Å². The largest absolute Gasteiger partial charge is 0.0922 e. The zero-order valence-corrected chi connectivity index (χ0v) is 8.36. The minimum absolute atomic E-state index is 0.785. The van der Waals surface area contributed by atoms with E-state index in [4.69, 9.17) is 0 Å². The molecule has 0 aliphatic heterocycles.